The van der Waals surface area contributed by atoms with Gasteiger partial charge < -0.3 is 5.32 Å². The Balaban J connectivity index is 1.90. The van der Waals surface area contributed by atoms with Crippen LogP contribution >= 0.6 is 0 Å². The second kappa shape index (κ2) is 7.87. The third-order valence-corrected chi connectivity index (χ3v) is 4.32. The summed E-state index contributed by atoms with van der Waals surface area (Å²) in [6.45, 7) is 0.296. The van der Waals surface area contributed by atoms with Gasteiger partial charge in [-0.25, -0.2) is 0 Å². The SMILES string of the molecule is O=C1C(=Cc2cccc(C(F)(F)F)c2)CNCC1=Cc1cccc(C(F)(F)F)c1. The molecule has 1 aliphatic rings. The normalized spacial score (nSPS) is 18.5. The molecule has 1 N–H and O–H groups in total. The molecule has 0 unspecified atom stereocenters. The number of benzene rings is 2. The lowest BCUT2D eigenvalue weighted by Crippen LogP contribution is -2.32. The van der Waals surface area contributed by atoms with E-state index in [4.69, 9.17) is 0 Å². The van der Waals surface area contributed by atoms with Crippen LogP contribution in [0.25, 0.3) is 12.2 Å². The zero-order valence-corrected chi connectivity index (χ0v) is 14.9. The van der Waals surface area contributed by atoms with E-state index in [1.54, 1.807) is 0 Å². The summed E-state index contributed by atoms with van der Waals surface area (Å²) in [6.07, 6.45) is -6.30. The second-order valence-electron chi connectivity index (χ2n) is 6.52. The van der Waals surface area contributed by atoms with E-state index in [0.717, 1.165) is 24.3 Å². The van der Waals surface area contributed by atoms with Crippen LogP contribution < -0.4 is 5.32 Å². The van der Waals surface area contributed by atoms with Crippen LogP contribution in [0.1, 0.15) is 22.3 Å². The summed E-state index contributed by atoms with van der Waals surface area (Å²) in [4.78, 5) is 12.7. The first-order chi connectivity index (χ1) is 13.5. The molecule has 0 saturated carbocycles. The van der Waals surface area contributed by atoms with E-state index in [0.29, 0.717) is 0 Å². The number of carbonyl (C=O) groups is 1. The Labute approximate surface area is 162 Å². The number of hydrogen-bond donors (Lipinski definition) is 1. The number of ketones is 1. The van der Waals surface area contributed by atoms with Crippen molar-refractivity contribution in [2.75, 3.05) is 13.1 Å². The average molecular weight is 411 g/mol. The monoisotopic (exact) mass is 411 g/mol. The van der Waals surface area contributed by atoms with E-state index in [9.17, 15) is 31.1 Å². The van der Waals surface area contributed by atoms with Gasteiger partial charge in [0, 0.05) is 24.2 Å². The molecular formula is C21H15F6NO. The zero-order valence-electron chi connectivity index (χ0n) is 14.9. The van der Waals surface area contributed by atoms with Crippen LogP contribution in [-0.2, 0) is 17.1 Å². The van der Waals surface area contributed by atoms with Crippen molar-refractivity contribution in [1.82, 2.24) is 5.32 Å². The van der Waals surface area contributed by atoms with Crippen LogP contribution in [0.3, 0.4) is 0 Å². The van der Waals surface area contributed by atoms with Gasteiger partial charge in [-0.1, -0.05) is 24.3 Å². The highest BCUT2D eigenvalue weighted by Gasteiger charge is 2.31. The molecule has 0 spiro atoms. The predicted molar refractivity (Wildman–Crippen MR) is 96.7 cm³/mol. The lowest BCUT2D eigenvalue weighted by atomic mass is 9.95. The molecule has 1 heterocycles. The number of alkyl halides is 6. The van der Waals surface area contributed by atoms with Crippen molar-refractivity contribution in [3.63, 3.8) is 0 Å². The van der Waals surface area contributed by atoms with Crippen LogP contribution in [0.15, 0.2) is 59.7 Å². The van der Waals surface area contributed by atoms with E-state index in [2.05, 4.69) is 5.32 Å². The Morgan fingerprint density at radius 3 is 1.52 bits per heavy atom. The fraction of sp³-hybridized carbons (Fsp3) is 0.190. The third kappa shape index (κ3) is 5.14. The summed E-state index contributed by atoms with van der Waals surface area (Å²) in [5.41, 5.74) is -0.774. The van der Waals surface area contributed by atoms with Gasteiger partial charge in [0.25, 0.3) is 0 Å². The standard InChI is InChI=1S/C21H15F6NO/c22-20(23,24)17-5-1-3-13(9-17)7-15-11-28-12-16(19(15)29)8-14-4-2-6-18(10-14)21(25,26)27/h1-10,28H,11-12H2. The Bertz CT molecular complexity index is 908. The van der Waals surface area contributed by atoms with Crippen molar-refractivity contribution in [3.8, 4) is 0 Å². The second-order valence-corrected chi connectivity index (χ2v) is 6.52. The van der Waals surface area contributed by atoms with Crippen LogP contribution in [0, 0.1) is 0 Å². The fourth-order valence-corrected chi connectivity index (χ4v) is 2.94. The Hall–Kier alpha value is -2.87. The quantitative estimate of drug-likeness (QED) is 0.532. The molecule has 0 aromatic heterocycles. The average Bonchev–Trinajstić information content (AvgIpc) is 2.64. The van der Waals surface area contributed by atoms with Gasteiger partial charge >= 0.3 is 12.4 Å². The van der Waals surface area contributed by atoms with Gasteiger partial charge in [-0.15, -0.1) is 0 Å². The van der Waals surface area contributed by atoms with Crippen molar-refractivity contribution in [3.05, 3.63) is 81.9 Å². The molecule has 2 aromatic rings. The van der Waals surface area contributed by atoms with Crippen molar-refractivity contribution in [2.45, 2.75) is 12.4 Å². The predicted octanol–water partition coefficient (Wildman–Crippen LogP) is 5.36. The smallest absolute Gasteiger partial charge is 0.308 e. The topological polar surface area (TPSA) is 29.1 Å². The van der Waals surface area contributed by atoms with Gasteiger partial charge in [0.05, 0.1) is 11.1 Å². The first-order valence-electron chi connectivity index (χ1n) is 8.55. The first-order valence-corrected chi connectivity index (χ1v) is 8.55. The van der Waals surface area contributed by atoms with E-state index in [1.165, 1.54) is 36.4 Å². The molecule has 2 nitrogen and oxygen atoms in total. The minimum Gasteiger partial charge on any atom is -0.308 e. The molecule has 152 valence electrons. The molecule has 1 fully saturated rings. The van der Waals surface area contributed by atoms with Crippen LogP contribution in [0.5, 0.6) is 0 Å². The van der Waals surface area contributed by atoms with Crippen LogP contribution in [0.4, 0.5) is 26.3 Å². The lowest BCUT2D eigenvalue weighted by Gasteiger charge is -2.18. The molecule has 0 radical (unpaired) electrons. The summed E-state index contributed by atoms with van der Waals surface area (Å²) < 4.78 is 77.1. The number of rotatable bonds is 2. The number of Topliss-reactive ketones (excluding diaryl/α,β-unsaturated/α-hetero) is 1. The number of piperidine rings is 1. The van der Waals surface area contributed by atoms with Crippen LogP contribution in [0.2, 0.25) is 0 Å². The zero-order chi connectivity index (χ0) is 21.2. The molecule has 0 bridgehead atoms. The molecule has 0 amide bonds. The maximum Gasteiger partial charge on any atom is 0.416 e. The minimum absolute atomic E-state index is 0.148. The van der Waals surface area contributed by atoms with Gasteiger partial charge in [-0.05, 0) is 47.5 Å². The number of hydrogen-bond acceptors (Lipinski definition) is 2. The molecule has 2 aromatic carbocycles. The van der Waals surface area contributed by atoms with Gasteiger partial charge in [-0.2, -0.15) is 26.3 Å². The molecule has 29 heavy (non-hydrogen) atoms. The van der Waals surface area contributed by atoms with Gasteiger partial charge in [0.2, 0.25) is 0 Å². The molecule has 1 aliphatic heterocycles. The van der Waals surface area contributed by atoms with E-state index < -0.39 is 29.3 Å². The lowest BCUT2D eigenvalue weighted by molar-refractivity contribution is -0.138. The van der Waals surface area contributed by atoms with Crippen molar-refractivity contribution in [2.24, 2.45) is 0 Å². The summed E-state index contributed by atoms with van der Waals surface area (Å²) in [6, 6.07) is 9.12. The van der Waals surface area contributed by atoms with Crippen LogP contribution in [-0.4, -0.2) is 18.9 Å². The van der Waals surface area contributed by atoms with Gasteiger partial charge in [0.1, 0.15) is 0 Å². The summed E-state index contributed by atoms with van der Waals surface area (Å²) in [5.74, 6) is -0.418. The third-order valence-electron chi connectivity index (χ3n) is 4.32. The molecule has 8 heteroatoms. The van der Waals surface area contributed by atoms with Gasteiger partial charge in [0.15, 0.2) is 5.78 Å². The summed E-state index contributed by atoms with van der Waals surface area (Å²) >= 11 is 0. The van der Waals surface area contributed by atoms with E-state index in [-0.39, 0.29) is 35.4 Å². The molecule has 1 saturated heterocycles. The molecular weight excluding hydrogens is 396 g/mol. The number of halogens is 6. The van der Waals surface area contributed by atoms with Gasteiger partial charge in [-0.3, -0.25) is 4.79 Å². The van der Waals surface area contributed by atoms with Crippen molar-refractivity contribution < 1.29 is 31.1 Å². The summed E-state index contributed by atoms with van der Waals surface area (Å²) in [5, 5.41) is 2.94. The van der Waals surface area contributed by atoms with E-state index >= 15 is 0 Å². The maximum absolute atomic E-state index is 12.9. The Morgan fingerprint density at radius 1 is 0.724 bits per heavy atom. The number of carbonyl (C=O) groups excluding carboxylic acids is 1. The highest BCUT2D eigenvalue weighted by molar-refractivity contribution is 6.14. The Morgan fingerprint density at radius 2 is 1.14 bits per heavy atom. The summed E-state index contributed by atoms with van der Waals surface area (Å²) in [7, 11) is 0. The first kappa shape index (κ1) is 20.9. The largest absolute Gasteiger partial charge is 0.416 e. The highest BCUT2D eigenvalue weighted by Crippen LogP contribution is 2.31. The minimum atomic E-state index is -4.50. The Kier molecular flexibility index (Phi) is 5.66. The highest BCUT2D eigenvalue weighted by atomic mass is 19.4. The molecule has 3 rings (SSSR count). The molecule has 0 atom stereocenters. The maximum atomic E-state index is 12.9. The molecule has 0 aliphatic carbocycles. The number of nitrogens with one attached hydrogen (secondary N) is 1. The van der Waals surface area contributed by atoms with Crippen molar-refractivity contribution in [1.29, 1.82) is 0 Å². The fourth-order valence-electron chi connectivity index (χ4n) is 2.94. The van der Waals surface area contributed by atoms with E-state index in [1.807, 2.05) is 0 Å². The van der Waals surface area contributed by atoms with Crippen molar-refractivity contribution >= 4 is 17.9 Å².